The highest BCUT2D eigenvalue weighted by atomic mass is 28.4. The summed E-state index contributed by atoms with van der Waals surface area (Å²) in [6, 6.07) is 0. The van der Waals surface area contributed by atoms with E-state index in [0.29, 0.717) is 0 Å². The summed E-state index contributed by atoms with van der Waals surface area (Å²) in [5.74, 6) is 1.70. The fraction of sp³-hybridized carbons (Fsp3) is 1.00. The SMILES string of the molecule is CC(C)C(C)C.CC(C)[Si](O[SiH3])(C(C)C)C(C)C. The molecular formula is C15H38OSi2. The third-order valence-electron chi connectivity index (χ3n) is 4.39. The van der Waals surface area contributed by atoms with Gasteiger partial charge in [0.15, 0.2) is 8.32 Å². The molecule has 112 valence electrons. The van der Waals surface area contributed by atoms with Crippen LogP contribution in [0.2, 0.25) is 16.6 Å². The van der Waals surface area contributed by atoms with E-state index in [1.165, 1.54) is 0 Å². The van der Waals surface area contributed by atoms with Crippen molar-refractivity contribution in [2.24, 2.45) is 11.8 Å². The van der Waals surface area contributed by atoms with E-state index in [2.05, 4.69) is 69.2 Å². The average Bonchev–Trinajstić information content (AvgIpc) is 2.18. The van der Waals surface area contributed by atoms with Crippen LogP contribution in [0.25, 0.3) is 0 Å². The Morgan fingerprint density at radius 2 is 0.833 bits per heavy atom. The van der Waals surface area contributed by atoms with Crippen LogP contribution < -0.4 is 0 Å². The minimum absolute atomic E-state index is 0.745. The first-order valence-corrected chi connectivity index (χ1v) is 10.5. The van der Waals surface area contributed by atoms with Crippen LogP contribution in [0.15, 0.2) is 0 Å². The van der Waals surface area contributed by atoms with Crippen LogP contribution >= 0.6 is 0 Å². The van der Waals surface area contributed by atoms with Gasteiger partial charge in [0, 0.05) is 0 Å². The van der Waals surface area contributed by atoms with E-state index < -0.39 is 8.32 Å². The van der Waals surface area contributed by atoms with Crippen LogP contribution in [-0.2, 0) is 4.12 Å². The normalized spacial score (nSPS) is 12.8. The van der Waals surface area contributed by atoms with E-state index in [-0.39, 0.29) is 0 Å². The molecule has 18 heavy (non-hydrogen) atoms. The molecule has 0 aliphatic carbocycles. The molecule has 0 heterocycles. The summed E-state index contributed by atoms with van der Waals surface area (Å²) in [6.45, 7) is 22.9. The molecule has 0 N–H and O–H groups in total. The smallest absolute Gasteiger partial charge is 0.186 e. The molecule has 0 aliphatic heterocycles. The molecule has 0 aromatic rings. The quantitative estimate of drug-likeness (QED) is 0.664. The Kier molecular flexibility index (Phi) is 10.7. The number of rotatable bonds is 5. The Balaban J connectivity index is 0. The zero-order valence-electron chi connectivity index (χ0n) is 14.8. The fourth-order valence-corrected chi connectivity index (χ4v) is 12.4. The summed E-state index contributed by atoms with van der Waals surface area (Å²) < 4.78 is 6.00. The molecule has 0 aromatic heterocycles. The highest BCUT2D eigenvalue weighted by molar-refractivity contribution is 6.79. The minimum Gasteiger partial charge on any atom is -0.463 e. The van der Waals surface area contributed by atoms with Gasteiger partial charge in [0.1, 0.15) is 10.5 Å². The second-order valence-electron chi connectivity index (χ2n) is 7.01. The highest BCUT2D eigenvalue weighted by Crippen LogP contribution is 2.41. The van der Waals surface area contributed by atoms with Crippen LogP contribution in [0, 0.1) is 11.8 Å². The largest absolute Gasteiger partial charge is 0.463 e. The van der Waals surface area contributed by atoms with Gasteiger partial charge in [-0.15, -0.1) is 0 Å². The van der Waals surface area contributed by atoms with Crippen LogP contribution in [-0.4, -0.2) is 18.8 Å². The maximum absolute atomic E-state index is 6.00. The molecule has 0 radical (unpaired) electrons. The third kappa shape index (κ3) is 6.02. The monoisotopic (exact) mass is 290 g/mol. The summed E-state index contributed by atoms with van der Waals surface area (Å²) in [4.78, 5) is 0. The zero-order chi connectivity index (χ0) is 15.1. The molecule has 3 heteroatoms. The van der Waals surface area contributed by atoms with E-state index in [1.807, 2.05) is 0 Å². The Labute approximate surface area is 121 Å². The maximum Gasteiger partial charge on any atom is 0.186 e. The topological polar surface area (TPSA) is 9.23 Å². The molecule has 0 atom stereocenters. The lowest BCUT2D eigenvalue weighted by Crippen LogP contribution is -2.47. The van der Waals surface area contributed by atoms with E-state index in [9.17, 15) is 0 Å². The standard InChI is InChI=1S/C9H24OSi2.C6H14/c1-7(2)12(10-11,8(3)4)9(5)6;1-5(2)6(3)4/h7-9H,1-6,11H3;5-6H,1-4H3. The van der Waals surface area contributed by atoms with Gasteiger partial charge in [-0.2, -0.15) is 0 Å². The lowest BCUT2D eigenvalue weighted by Gasteiger charge is -2.41. The molecule has 1 nitrogen and oxygen atoms in total. The van der Waals surface area contributed by atoms with Gasteiger partial charge in [0.05, 0.1) is 0 Å². The van der Waals surface area contributed by atoms with Crippen molar-refractivity contribution in [1.29, 1.82) is 0 Å². The van der Waals surface area contributed by atoms with Crippen molar-refractivity contribution in [2.45, 2.75) is 85.9 Å². The minimum atomic E-state index is -1.44. The summed E-state index contributed by atoms with van der Waals surface area (Å²) >= 11 is 0. The van der Waals surface area contributed by atoms with Crippen LogP contribution in [0.1, 0.15) is 69.2 Å². The Morgan fingerprint density at radius 3 is 0.833 bits per heavy atom. The van der Waals surface area contributed by atoms with Gasteiger partial charge in [-0.05, 0) is 28.5 Å². The second-order valence-corrected chi connectivity index (χ2v) is 13.8. The van der Waals surface area contributed by atoms with Crippen molar-refractivity contribution >= 4 is 18.8 Å². The van der Waals surface area contributed by atoms with E-state index >= 15 is 0 Å². The van der Waals surface area contributed by atoms with Gasteiger partial charge in [0.2, 0.25) is 0 Å². The first-order valence-electron chi connectivity index (χ1n) is 7.59. The molecule has 0 aliphatic rings. The summed E-state index contributed by atoms with van der Waals surface area (Å²) in [5, 5.41) is 0. The lowest BCUT2D eigenvalue weighted by atomic mass is 10.0. The van der Waals surface area contributed by atoms with Crippen molar-refractivity contribution in [3.63, 3.8) is 0 Å². The molecule has 0 saturated heterocycles. The molecule has 0 spiro atoms. The molecular weight excluding hydrogens is 252 g/mol. The van der Waals surface area contributed by atoms with Gasteiger partial charge < -0.3 is 4.12 Å². The van der Waals surface area contributed by atoms with Gasteiger partial charge >= 0.3 is 0 Å². The van der Waals surface area contributed by atoms with E-state index in [4.69, 9.17) is 4.12 Å². The van der Waals surface area contributed by atoms with Crippen molar-refractivity contribution in [3.05, 3.63) is 0 Å². The molecule has 0 saturated carbocycles. The second kappa shape index (κ2) is 9.32. The molecule has 0 aromatic carbocycles. The van der Waals surface area contributed by atoms with Crippen molar-refractivity contribution in [1.82, 2.24) is 0 Å². The van der Waals surface area contributed by atoms with Crippen molar-refractivity contribution in [3.8, 4) is 0 Å². The van der Waals surface area contributed by atoms with Gasteiger partial charge in [-0.3, -0.25) is 0 Å². The molecule has 0 fully saturated rings. The van der Waals surface area contributed by atoms with Crippen molar-refractivity contribution < 1.29 is 4.12 Å². The average molecular weight is 291 g/mol. The maximum atomic E-state index is 6.00. The summed E-state index contributed by atoms with van der Waals surface area (Å²) in [7, 11) is -0.538. The first-order chi connectivity index (χ1) is 8.03. The van der Waals surface area contributed by atoms with Crippen molar-refractivity contribution in [2.75, 3.05) is 0 Å². The summed E-state index contributed by atoms with van der Waals surface area (Å²) in [6.07, 6.45) is 0. The van der Waals surface area contributed by atoms with Gasteiger partial charge in [-0.25, -0.2) is 0 Å². The highest BCUT2D eigenvalue weighted by Gasteiger charge is 2.43. The van der Waals surface area contributed by atoms with Crippen LogP contribution in [0.3, 0.4) is 0 Å². The molecule has 0 unspecified atom stereocenters. The van der Waals surface area contributed by atoms with Gasteiger partial charge in [0.25, 0.3) is 0 Å². The van der Waals surface area contributed by atoms with Gasteiger partial charge in [-0.1, -0.05) is 69.2 Å². The predicted molar refractivity (Wildman–Crippen MR) is 91.7 cm³/mol. The molecule has 0 bridgehead atoms. The third-order valence-corrected chi connectivity index (χ3v) is 12.6. The summed E-state index contributed by atoms with van der Waals surface area (Å²) in [5.41, 5.74) is 2.24. The van der Waals surface area contributed by atoms with Crippen LogP contribution in [0.5, 0.6) is 0 Å². The van der Waals surface area contributed by atoms with E-state index in [1.54, 1.807) is 0 Å². The predicted octanol–water partition coefficient (Wildman–Crippen LogP) is 4.76. The Hall–Kier alpha value is 0.394. The molecule has 0 amide bonds. The fourth-order valence-electron chi connectivity index (χ4n) is 2.71. The Bertz CT molecular complexity index is 171. The number of hydrogen-bond acceptors (Lipinski definition) is 1. The zero-order valence-corrected chi connectivity index (χ0v) is 17.8. The Morgan fingerprint density at radius 1 is 0.611 bits per heavy atom. The first kappa shape index (κ1) is 20.7. The lowest BCUT2D eigenvalue weighted by molar-refractivity contribution is 0.457. The van der Waals surface area contributed by atoms with E-state index in [0.717, 1.165) is 38.9 Å². The van der Waals surface area contributed by atoms with Crippen LogP contribution in [0.4, 0.5) is 0 Å². The number of hydrogen-bond donors (Lipinski definition) is 0. The molecule has 0 rings (SSSR count).